The largest absolute Gasteiger partial charge is 0.377 e. The highest BCUT2D eigenvalue weighted by atomic mass is 16.5. The first kappa shape index (κ1) is 16.3. The lowest BCUT2D eigenvalue weighted by atomic mass is 9.94. The maximum Gasteiger partial charge on any atom is 0.0702 e. The Bertz CT molecular complexity index is 274. The van der Waals surface area contributed by atoms with Gasteiger partial charge in [0, 0.05) is 38.3 Å². The first-order chi connectivity index (χ1) is 9.56. The van der Waals surface area contributed by atoms with Crippen molar-refractivity contribution < 1.29 is 4.74 Å². The predicted molar refractivity (Wildman–Crippen MR) is 85.0 cm³/mol. The van der Waals surface area contributed by atoms with Crippen LogP contribution in [0.1, 0.15) is 53.4 Å². The van der Waals surface area contributed by atoms with Crippen molar-refractivity contribution in [2.24, 2.45) is 11.8 Å². The number of nitrogens with one attached hydrogen (secondary N) is 1. The smallest absolute Gasteiger partial charge is 0.0702 e. The molecule has 0 aromatic carbocycles. The topological polar surface area (TPSA) is 24.5 Å². The Labute approximate surface area is 125 Å². The molecule has 2 fully saturated rings. The maximum absolute atomic E-state index is 5.97. The number of rotatable bonds is 5. The van der Waals surface area contributed by atoms with Crippen molar-refractivity contribution in [3.63, 3.8) is 0 Å². The molecule has 0 amide bonds. The molecule has 0 aromatic heterocycles. The second kappa shape index (κ2) is 7.77. The van der Waals surface area contributed by atoms with E-state index in [-0.39, 0.29) is 0 Å². The van der Waals surface area contributed by atoms with Gasteiger partial charge >= 0.3 is 0 Å². The molecule has 0 bridgehead atoms. The van der Waals surface area contributed by atoms with E-state index in [2.05, 4.69) is 37.9 Å². The quantitative estimate of drug-likeness (QED) is 0.839. The maximum atomic E-state index is 5.97. The molecule has 3 nitrogen and oxygen atoms in total. The molecule has 1 N–H and O–H groups in total. The Morgan fingerprint density at radius 1 is 1.20 bits per heavy atom. The summed E-state index contributed by atoms with van der Waals surface area (Å²) in [7, 11) is 0. The van der Waals surface area contributed by atoms with Crippen molar-refractivity contribution >= 4 is 0 Å². The average Bonchev–Trinajstić information content (AvgIpc) is 2.41. The molecule has 3 atom stereocenters. The fraction of sp³-hybridized carbons (Fsp3) is 1.00. The molecule has 0 aliphatic carbocycles. The SMILES string of the molecule is CC(C)CC1CNC(C(C)C)CN1CC1CCCCO1. The van der Waals surface area contributed by atoms with E-state index in [0.717, 1.165) is 25.6 Å². The van der Waals surface area contributed by atoms with Gasteiger partial charge in [0.1, 0.15) is 0 Å². The normalized spacial score (nSPS) is 33.0. The molecule has 0 saturated carbocycles. The highest BCUT2D eigenvalue weighted by Crippen LogP contribution is 2.21. The summed E-state index contributed by atoms with van der Waals surface area (Å²) in [5.41, 5.74) is 0. The van der Waals surface area contributed by atoms with Gasteiger partial charge in [-0.15, -0.1) is 0 Å². The van der Waals surface area contributed by atoms with E-state index in [0.29, 0.717) is 24.1 Å². The monoisotopic (exact) mass is 282 g/mol. The molecule has 3 unspecified atom stereocenters. The Kier molecular flexibility index (Phi) is 6.31. The van der Waals surface area contributed by atoms with Crippen LogP contribution < -0.4 is 5.32 Å². The highest BCUT2D eigenvalue weighted by molar-refractivity contribution is 4.89. The molecule has 0 radical (unpaired) electrons. The van der Waals surface area contributed by atoms with Crippen molar-refractivity contribution in [3.05, 3.63) is 0 Å². The molecule has 3 heteroatoms. The number of ether oxygens (including phenoxy) is 1. The molecule has 2 saturated heterocycles. The van der Waals surface area contributed by atoms with E-state index in [9.17, 15) is 0 Å². The second-order valence-corrected chi connectivity index (χ2v) is 7.48. The standard InChI is InChI=1S/C17H34N2O/c1-13(2)9-15-10-18-17(14(3)4)12-19(15)11-16-7-5-6-8-20-16/h13-18H,5-12H2,1-4H3. The summed E-state index contributed by atoms with van der Waals surface area (Å²) >= 11 is 0. The first-order valence-corrected chi connectivity index (χ1v) is 8.65. The summed E-state index contributed by atoms with van der Waals surface area (Å²) in [4.78, 5) is 2.72. The summed E-state index contributed by atoms with van der Waals surface area (Å²) in [6.07, 6.45) is 5.63. The molecule has 20 heavy (non-hydrogen) atoms. The van der Waals surface area contributed by atoms with E-state index in [1.54, 1.807) is 0 Å². The van der Waals surface area contributed by atoms with Crippen LogP contribution in [-0.4, -0.2) is 49.3 Å². The zero-order chi connectivity index (χ0) is 14.5. The molecule has 0 aromatic rings. The van der Waals surface area contributed by atoms with Crippen LogP contribution in [0, 0.1) is 11.8 Å². The van der Waals surface area contributed by atoms with Crippen molar-refractivity contribution in [2.45, 2.75) is 71.6 Å². The fourth-order valence-electron chi connectivity index (χ4n) is 3.54. The van der Waals surface area contributed by atoms with Crippen molar-refractivity contribution in [1.29, 1.82) is 0 Å². The molecule has 0 spiro atoms. The van der Waals surface area contributed by atoms with Crippen molar-refractivity contribution in [1.82, 2.24) is 10.2 Å². The van der Waals surface area contributed by atoms with Crippen molar-refractivity contribution in [2.75, 3.05) is 26.2 Å². The predicted octanol–water partition coefficient (Wildman–Crippen LogP) is 2.90. The zero-order valence-corrected chi connectivity index (χ0v) is 13.9. The third-order valence-corrected chi connectivity index (χ3v) is 4.82. The minimum Gasteiger partial charge on any atom is -0.377 e. The van der Waals surface area contributed by atoms with Gasteiger partial charge in [0.05, 0.1) is 6.10 Å². The van der Waals surface area contributed by atoms with Gasteiger partial charge in [0.2, 0.25) is 0 Å². The minimum atomic E-state index is 0.476. The third-order valence-electron chi connectivity index (χ3n) is 4.82. The van der Waals surface area contributed by atoms with Crippen LogP contribution in [0.5, 0.6) is 0 Å². The Morgan fingerprint density at radius 3 is 2.60 bits per heavy atom. The highest BCUT2D eigenvalue weighted by Gasteiger charge is 2.31. The van der Waals surface area contributed by atoms with Gasteiger partial charge in [-0.3, -0.25) is 4.90 Å². The van der Waals surface area contributed by atoms with E-state index in [1.165, 1.54) is 32.2 Å². The van der Waals surface area contributed by atoms with Crippen LogP contribution in [0.3, 0.4) is 0 Å². The molecule has 118 valence electrons. The van der Waals surface area contributed by atoms with Crippen LogP contribution in [0.4, 0.5) is 0 Å². The number of piperazine rings is 1. The molecule has 2 heterocycles. The molecule has 2 aliphatic heterocycles. The van der Waals surface area contributed by atoms with Crippen LogP contribution in [0.2, 0.25) is 0 Å². The van der Waals surface area contributed by atoms with Gasteiger partial charge in [0.25, 0.3) is 0 Å². The number of nitrogens with zero attached hydrogens (tertiary/aromatic N) is 1. The summed E-state index contributed by atoms with van der Waals surface area (Å²) in [6, 6.07) is 1.33. The molecule has 2 rings (SSSR count). The lowest BCUT2D eigenvalue weighted by Gasteiger charge is -2.44. The minimum absolute atomic E-state index is 0.476. The summed E-state index contributed by atoms with van der Waals surface area (Å²) in [5, 5.41) is 3.76. The van der Waals surface area contributed by atoms with Crippen molar-refractivity contribution in [3.8, 4) is 0 Å². The summed E-state index contributed by atoms with van der Waals surface area (Å²) in [5.74, 6) is 1.48. The Hall–Kier alpha value is -0.120. The van der Waals surface area contributed by atoms with Gasteiger partial charge in [-0.05, 0) is 37.5 Å². The second-order valence-electron chi connectivity index (χ2n) is 7.48. The van der Waals surface area contributed by atoms with E-state index < -0.39 is 0 Å². The summed E-state index contributed by atoms with van der Waals surface area (Å²) in [6.45, 7) is 13.8. The molecule has 2 aliphatic rings. The van der Waals surface area contributed by atoms with Crippen LogP contribution in [-0.2, 0) is 4.74 Å². The fourth-order valence-corrected chi connectivity index (χ4v) is 3.54. The Morgan fingerprint density at radius 2 is 2.00 bits per heavy atom. The third kappa shape index (κ3) is 4.71. The van der Waals surface area contributed by atoms with Crippen LogP contribution in [0.25, 0.3) is 0 Å². The average molecular weight is 282 g/mol. The zero-order valence-electron chi connectivity index (χ0n) is 13.9. The van der Waals surface area contributed by atoms with E-state index in [4.69, 9.17) is 4.74 Å². The number of hydrogen-bond acceptors (Lipinski definition) is 3. The van der Waals surface area contributed by atoms with E-state index in [1.807, 2.05) is 0 Å². The van der Waals surface area contributed by atoms with Gasteiger partial charge in [0.15, 0.2) is 0 Å². The lowest BCUT2D eigenvalue weighted by molar-refractivity contribution is -0.0255. The first-order valence-electron chi connectivity index (χ1n) is 8.65. The number of hydrogen-bond donors (Lipinski definition) is 1. The van der Waals surface area contributed by atoms with Crippen LogP contribution >= 0.6 is 0 Å². The van der Waals surface area contributed by atoms with Gasteiger partial charge < -0.3 is 10.1 Å². The van der Waals surface area contributed by atoms with Gasteiger partial charge in [-0.2, -0.15) is 0 Å². The Balaban J connectivity index is 1.93. The van der Waals surface area contributed by atoms with Crippen LogP contribution in [0.15, 0.2) is 0 Å². The molecular formula is C17H34N2O. The molecular weight excluding hydrogens is 248 g/mol. The van der Waals surface area contributed by atoms with E-state index >= 15 is 0 Å². The van der Waals surface area contributed by atoms with Gasteiger partial charge in [-0.25, -0.2) is 0 Å². The van der Waals surface area contributed by atoms with Gasteiger partial charge in [-0.1, -0.05) is 27.7 Å². The lowest BCUT2D eigenvalue weighted by Crippen LogP contribution is -2.59. The summed E-state index contributed by atoms with van der Waals surface area (Å²) < 4.78 is 5.97.